The molecule has 0 aliphatic rings. The van der Waals surface area contributed by atoms with Crippen LogP contribution in [-0.2, 0) is 14.3 Å². The normalized spacial score (nSPS) is 12.5. The fraction of sp³-hybridized carbons (Fsp3) is 0.929. The first-order chi connectivity index (χ1) is 44.5. The molecule has 0 aliphatic heterocycles. The summed E-state index contributed by atoms with van der Waals surface area (Å²) < 4.78 is 5.51. The van der Waals surface area contributed by atoms with Crippen molar-refractivity contribution in [1.29, 1.82) is 0 Å². The van der Waals surface area contributed by atoms with Gasteiger partial charge in [-0.2, -0.15) is 0 Å². The van der Waals surface area contributed by atoms with Gasteiger partial charge in [0.05, 0.1) is 25.4 Å². The van der Waals surface area contributed by atoms with E-state index in [1.165, 1.54) is 411 Å². The Bertz CT molecular complexity index is 1410. The van der Waals surface area contributed by atoms with E-state index in [-0.39, 0.29) is 18.5 Å². The highest BCUT2D eigenvalue weighted by atomic mass is 16.5. The second kappa shape index (κ2) is 79.8. The molecule has 0 aliphatic carbocycles. The van der Waals surface area contributed by atoms with Crippen LogP contribution in [0.15, 0.2) is 24.3 Å². The van der Waals surface area contributed by atoms with E-state index in [9.17, 15) is 19.8 Å². The van der Waals surface area contributed by atoms with Gasteiger partial charge in [0.1, 0.15) is 0 Å². The van der Waals surface area contributed by atoms with Gasteiger partial charge in [-0.15, -0.1) is 0 Å². The van der Waals surface area contributed by atoms with E-state index in [1.54, 1.807) is 6.08 Å². The number of carbonyl (C=O) groups excluding carboxylic acids is 2. The number of unbranched alkanes of at least 4 members (excludes halogenated alkanes) is 66. The zero-order valence-corrected chi connectivity index (χ0v) is 61.4. The van der Waals surface area contributed by atoms with Crippen LogP contribution in [0.2, 0.25) is 0 Å². The zero-order chi connectivity index (χ0) is 64.9. The molecule has 0 saturated heterocycles. The average Bonchev–Trinajstić information content (AvgIpc) is 3.58. The van der Waals surface area contributed by atoms with Crippen LogP contribution in [0.4, 0.5) is 0 Å². The van der Waals surface area contributed by atoms with E-state index in [2.05, 4.69) is 31.3 Å². The maximum atomic E-state index is 12.5. The molecule has 0 radical (unpaired) electrons. The predicted octanol–water partition coefficient (Wildman–Crippen LogP) is 27.6. The Morgan fingerprint density at radius 1 is 0.300 bits per heavy atom. The first-order valence-corrected chi connectivity index (χ1v) is 41.6. The van der Waals surface area contributed by atoms with Gasteiger partial charge in [0.2, 0.25) is 5.91 Å². The summed E-state index contributed by atoms with van der Waals surface area (Å²) in [7, 11) is 0. The third-order valence-electron chi connectivity index (χ3n) is 19.7. The molecule has 0 rings (SSSR count). The van der Waals surface area contributed by atoms with Crippen LogP contribution in [0.3, 0.4) is 0 Å². The summed E-state index contributed by atoms with van der Waals surface area (Å²) in [6.45, 7) is 4.95. The van der Waals surface area contributed by atoms with Gasteiger partial charge in [0.25, 0.3) is 0 Å². The second-order valence-electron chi connectivity index (χ2n) is 28.8. The maximum Gasteiger partial charge on any atom is 0.305 e. The van der Waals surface area contributed by atoms with Crippen molar-refractivity contribution in [2.75, 3.05) is 13.2 Å². The molecule has 3 N–H and O–H groups in total. The fourth-order valence-electron chi connectivity index (χ4n) is 13.4. The van der Waals surface area contributed by atoms with E-state index >= 15 is 0 Å². The van der Waals surface area contributed by atoms with Crippen molar-refractivity contribution in [1.82, 2.24) is 5.32 Å². The number of amides is 1. The van der Waals surface area contributed by atoms with Gasteiger partial charge in [-0.05, 0) is 57.8 Å². The molecule has 0 aromatic carbocycles. The van der Waals surface area contributed by atoms with Crippen LogP contribution in [0.25, 0.3) is 0 Å². The number of hydrogen-bond donors (Lipinski definition) is 3. The summed E-state index contributed by atoms with van der Waals surface area (Å²) in [6, 6.07) is -0.624. The van der Waals surface area contributed by atoms with Gasteiger partial charge < -0.3 is 20.3 Å². The minimum absolute atomic E-state index is 0.0209. The highest BCUT2D eigenvalue weighted by Crippen LogP contribution is 2.20. The molecule has 2 unspecified atom stereocenters. The SMILES string of the molecule is CCCCCCCC/C=C\CCCCCCCCCC(=O)OCCCCCCCCCCCCCCCCCCCCCCCCCCCCCCCCCCCCCCCC(=O)NC(CO)C(O)/C=C/CCCCCCCCCCCCCCCCCCC. The van der Waals surface area contributed by atoms with Crippen LogP contribution >= 0.6 is 0 Å². The van der Waals surface area contributed by atoms with Crippen molar-refractivity contribution in [2.45, 2.75) is 488 Å². The van der Waals surface area contributed by atoms with Crippen LogP contribution in [-0.4, -0.2) is 47.4 Å². The Morgan fingerprint density at radius 2 is 0.522 bits per heavy atom. The lowest BCUT2D eigenvalue weighted by molar-refractivity contribution is -0.143. The van der Waals surface area contributed by atoms with Crippen molar-refractivity contribution in [2.24, 2.45) is 0 Å². The topological polar surface area (TPSA) is 95.9 Å². The molecule has 0 saturated carbocycles. The third kappa shape index (κ3) is 75.4. The van der Waals surface area contributed by atoms with Crippen LogP contribution < -0.4 is 5.32 Å². The Labute approximate surface area is 564 Å². The van der Waals surface area contributed by atoms with Crippen molar-refractivity contribution < 1.29 is 24.5 Å². The summed E-state index contributed by atoms with van der Waals surface area (Å²) >= 11 is 0. The molecule has 534 valence electrons. The molecule has 0 heterocycles. The molecular weight excluding hydrogens is 1100 g/mol. The van der Waals surface area contributed by atoms with Crippen molar-refractivity contribution >= 4 is 11.9 Å². The van der Waals surface area contributed by atoms with Gasteiger partial charge >= 0.3 is 5.97 Å². The van der Waals surface area contributed by atoms with E-state index in [1.807, 2.05) is 6.08 Å². The number of esters is 1. The van der Waals surface area contributed by atoms with Gasteiger partial charge in [-0.3, -0.25) is 9.59 Å². The van der Waals surface area contributed by atoms with E-state index in [4.69, 9.17) is 4.74 Å². The summed E-state index contributed by atoms with van der Waals surface area (Å²) in [5.41, 5.74) is 0. The Kier molecular flexibility index (Phi) is 78.3. The number of rotatable bonds is 79. The summed E-state index contributed by atoms with van der Waals surface area (Å²) in [6.07, 6.45) is 103. The van der Waals surface area contributed by atoms with E-state index in [0.29, 0.717) is 19.4 Å². The first kappa shape index (κ1) is 88.3. The Hall–Kier alpha value is -1.66. The van der Waals surface area contributed by atoms with E-state index < -0.39 is 12.1 Å². The average molecular weight is 1270 g/mol. The highest BCUT2D eigenvalue weighted by molar-refractivity contribution is 5.76. The molecule has 2 atom stereocenters. The zero-order valence-electron chi connectivity index (χ0n) is 61.4. The number of hydrogen-bond acceptors (Lipinski definition) is 5. The molecule has 1 amide bonds. The smallest absolute Gasteiger partial charge is 0.305 e. The van der Waals surface area contributed by atoms with Crippen molar-refractivity contribution in [3.63, 3.8) is 0 Å². The number of aliphatic hydroxyl groups is 2. The molecule has 0 aromatic heterocycles. The van der Waals surface area contributed by atoms with Crippen molar-refractivity contribution in [3.05, 3.63) is 24.3 Å². The molecular formula is C84H163NO5. The number of ether oxygens (including phenoxy) is 1. The Balaban J connectivity index is 3.31. The summed E-state index contributed by atoms with van der Waals surface area (Å²) in [5, 5.41) is 23.3. The number of aliphatic hydroxyl groups excluding tert-OH is 2. The van der Waals surface area contributed by atoms with Gasteiger partial charge in [-0.1, -0.05) is 430 Å². The molecule has 0 fully saturated rings. The van der Waals surface area contributed by atoms with Gasteiger partial charge in [-0.25, -0.2) is 0 Å². The highest BCUT2D eigenvalue weighted by Gasteiger charge is 2.18. The van der Waals surface area contributed by atoms with E-state index in [0.717, 1.165) is 38.5 Å². The lowest BCUT2D eigenvalue weighted by Gasteiger charge is -2.20. The third-order valence-corrected chi connectivity index (χ3v) is 19.7. The first-order valence-electron chi connectivity index (χ1n) is 41.6. The molecule has 6 heteroatoms. The lowest BCUT2D eigenvalue weighted by Crippen LogP contribution is -2.45. The second-order valence-corrected chi connectivity index (χ2v) is 28.8. The molecule has 0 spiro atoms. The fourth-order valence-corrected chi connectivity index (χ4v) is 13.4. The minimum Gasteiger partial charge on any atom is -0.466 e. The molecule has 0 bridgehead atoms. The quantitative estimate of drug-likeness (QED) is 0.0320. The van der Waals surface area contributed by atoms with Gasteiger partial charge in [0.15, 0.2) is 0 Å². The Morgan fingerprint density at radius 3 is 0.789 bits per heavy atom. The van der Waals surface area contributed by atoms with Gasteiger partial charge in [0, 0.05) is 12.8 Å². The summed E-state index contributed by atoms with van der Waals surface area (Å²) in [4.78, 5) is 24.7. The molecule has 90 heavy (non-hydrogen) atoms. The standard InChI is InChI=1S/C84H163NO5/c1-3-5-7-9-11-13-15-17-19-21-41-45-48-52-56-60-64-68-72-76-82(87)81(80-86)85-83(88)77-73-69-65-61-57-53-49-46-42-39-37-35-33-31-29-27-25-23-22-24-26-28-30-32-34-36-38-40-43-47-51-55-59-63-67-71-75-79-90-84(89)78-74-70-66-62-58-54-50-44-20-18-16-14-12-10-8-6-4-2/h18,20,72,76,81-82,86-87H,3-17,19,21-71,73-75,77-80H2,1-2H3,(H,85,88)/b20-18-,76-72+. The number of carbonyl (C=O) groups is 2. The van der Waals surface area contributed by atoms with Crippen LogP contribution in [0.5, 0.6) is 0 Å². The molecule has 6 nitrogen and oxygen atoms in total. The monoisotopic (exact) mass is 1270 g/mol. The summed E-state index contributed by atoms with van der Waals surface area (Å²) in [5.74, 6) is -0.0367. The number of nitrogens with one attached hydrogen (secondary N) is 1. The van der Waals surface area contributed by atoms with Crippen molar-refractivity contribution in [3.8, 4) is 0 Å². The lowest BCUT2D eigenvalue weighted by atomic mass is 10.0. The maximum absolute atomic E-state index is 12.5. The molecule has 0 aromatic rings. The predicted molar refractivity (Wildman–Crippen MR) is 398 cm³/mol. The van der Waals surface area contributed by atoms with Crippen LogP contribution in [0, 0.1) is 0 Å². The number of allylic oxidation sites excluding steroid dienone is 3. The van der Waals surface area contributed by atoms with Crippen LogP contribution in [0.1, 0.15) is 476 Å². The largest absolute Gasteiger partial charge is 0.466 e. The minimum atomic E-state index is -0.841.